The lowest BCUT2D eigenvalue weighted by atomic mass is 9.97. The quantitative estimate of drug-likeness (QED) is 0.851. The van der Waals surface area contributed by atoms with E-state index in [1.54, 1.807) is 4.90 Å². The summed E-state index contributed by atoms with van der Waals surface area (Å²) in [7, 11) is 0. The second kappa shape index (κ2) is 8.37. The summed E-state index contributed by atoms with van der Waals surface area (Å²) in [5, 5.41) is 2.85. The van der Waals surface area contributed by atoms with Crippen molar-refractivity contribution < 1.29 is 14.3 Å². The number of hydrogen-bond donors (Lipinski definition) is 1. The number of nitrogens with one attached hydrogen (secondary N) is 1. The molecule has 0 aliphatic carbocycles. The molecule has 1 saturated heterocycles. The molecule has 0 saturated carbocycles. The number of ether oxygens (including phenoxy) is 1. The molecular weight excluding hydrogens is 316 g/mol. The van der Waals surface area contributed by atoms with Crippen LogP contribution in [0.25, 0.3) is 0 Å². The molecule has 3 unspecified atom stereocenters. The van der Waals surface area contributed by atoms with Gasteiger partial charge in [-0.05, 0) is 59.9 Å². The van der Waals surface area contributed by atoms with Crippen LogP contribution in [0.2, 0.25) is 0 Å². The van der Waals surface area contributed by atoms with Crippen molar-refractivity contribution in [2.75, 3.05) is 6.61 Å². The van der Waals surface area contributed by atoms with E-state index in [9.17, 15) is 9.59 Å². The summed E-state index contributed by atoms with van der Waals surface area (Å²) in [6, 6.07) is 5.80. The van der Waals surface area contributed by atoms with E-state index in [2.05, 4.69) is 5.32 Å². The molecule has 0 spiro atoms. The van der Waals surface area contributed by atoms with Gasteiger partial charge in [-0.2, -0.15) is 0 Å². The average molecular weight is 346 g/mol. The van der Waals surface area contributed by atoms with Gasteiger partial charge >= 0.3 is 11.8 Å². The molecule has 1 aromatic carbocycles. The van der Waals surface area contributed by atoms with Crippen molar-refractivity contribution in [2.24, 2.45) is 0 Å². The molecule has 1 aromatic rings. The lowest BCUT2D eigenvalue weighted by Crippen LogP contribution is -2.53. The van der Waals surface area contributed by atoms with Crippen molar-refractivity contribution in [3.05, 3.63) is 29.3 Å². The van der Waals surface area contributed by atoms with Gasteiger partial charge in [0.15, 0.2) is 0 Å². The first-order chi connectivity index (χ1) is 11.8. The molecule has 1 N–H and O–H groups in total. The number of benzene rings is 1. The van der Waals surface area contributed by atoms with Gasteiger partial charge in [0, 0.05) is 17.6 Å². The monoisotopic (exact) mass is 346 g/mol. The van der Waals surface area contributed by atoms with Gasteiger partial charge < -0.3 is 15.0 Å². The van der Waals surface area contributed by atoms with Gasteiger partial charge in [-0.25, -0.2) is 0 Å². The highest BCUT2D eigenvalue weighted by Gasteiger charge is 2.33. The number of amides is 2. The zero-order valence-electron chi connectivity index (χ0n) is 16.0. The molecule has 5 nitrogen and oxygen atoms in total. The topological polar surface area (TPSA) is 58.6 Å². The molecule has 0 bridgehead atoms. The highest BCUT2D eigenvalue weighted by molar-refractivity contribution is 6.35. The lowest BCUT2D eigenvalue weighted by Gasteiger charge is -2.38. The molecular formula is C20H30N2O3. The maximum absolute atomic E-state index is 12.6. The number of carbonyl (C=O) groups excluding carboxylic acids is 2. The number of likely N-dealkylation sites (tertiary alicyclic amines) is 1. The van der Waals surface area contributed by atoms with Gasteiger partial charge in [0.05, 0.1) is 12.6 Å². The fraction of sp³-hybridized carbons (Fsp3) is 0.600. The molecule has 0 aromatic heterocycles. The highest BCUT2D eigenvalue weighted by Crippen LogP contribution is 2.27. The molecule has 2 amide bonds. The minimum absolute atomic E-state index is 0.107. The fourth-order valence-electron chi connectivity index (χ4n) is 3.57. The maximum Gasteiger partial charge on any atom is 0.312 e. The molecule has 2 rings (SSSR count). The SMILES string of the molecule is CCOc1ccc(C)cc1C(C)NC(=O)C(=O)N1C(C)CCCC1C. The van der Waals surface area contributed by atoms with Crippen LogP contribution in [0.15, 0.2) is 18.2 Å². The molecule has 138 valence electrons. The summed E-state index contributed by atoms with van der Waals surface area (Å²) in [6.45, 7) is 10.4. The average Bonchev–Trinajstić information content (AvgIpc) is 2.56. The largest absolute Gasteiger partial charge is 0.494 e. The first kappa shape index (κ1) is 19.3. The fourth-order valence-corrected chi connectivity index (χ4v) is 3.57. The van der Waals surface area contributed by atoms with Gasteiger partial charge in [0.1, 0.15) is 5.75 Å². The summed E-state index contributed by atoms with van der Waals surface area (Å²) in [5.74, 6) is -0.234. The van der Waals surface area contributed by atoms with Gasteiger partial charge in [-0.15, -0.1) is 0 Å². The number of nitrogens with zero attached hydrogens (tertiary/aromatic N) is 1. The lowest BCUT2D eigenvalue weighted by molar-refractivity contribution is -0.150. The third-order valence-electron chi connectivity index (χ3n) is 4.90. The van der Waals surface area contributed by atoms with Crippen LogP contribution in [0, 0.1) is 6.92 Å². The Bertz CT molecular complexity index is 619. The normalized spacial score (nSPS) is 21.6. The molecule has 5 heteroatoms. The molecule has 1 fully saturated rings. The Morgan fingerprint density at radius 2 is 1.92 bits per heavy atom. The summed E-state index contributed by atoms with van der Waals surface area (Å²) in [6.07, 6.45) is 3.00. The minimum atomic E-state index is -0.544. The van der Waals surface area contributed by atoms with Crippen molar-refractivity contribution in [3.63, 3.8) is 0 Å². The van der Waals surface area contributed by atoms with Crippen LogP contribution < -0.4 is 10.1 Å². The van der Waals surface area contributed by atoms with Gasteiger partial charge in [-0.3, -0.25) is 9.59 Å². The number of rotatable bonds is 4. The van der Waals surface area contributed by atoms with Crippen molar-refractivity contribution in [1.29, 1.82) is 0 Å². The Morgan fingerprint density at radius 3 is 2.52 bits per heavy atom. The second-order valence-corrected chi connectivity index (χ2v) is 7.01. The Balaban J connectivity index is 2.12. The van der Waals surface area contributed by atoms with Crippen LogP contribution in [-0.4, -0.2) is 35.4 Å². The Kier molecular flexibility index (Phi) is 6.45. The number of hydrogen-bond acceptors (Lipinski definition) is 3. The van der Waals surface area contributed by atoms with Crippen molar-refractivity contribution in [2.45, 2.75) is 72.0 Å². The molecule has 25 heavy (non-hydrogen) atoms. The standard InChI is InChI=1S/C20H30N2O3/c1-6-25-18-11-10-13(2)12-17(18)16(5)21-19(23)20(24)22-14(3)8-7-9-15(22)4/h10-12,14-16H,6-9H2,1-5H3,(H,21,23). The van der Waals surface area contributed by atoms with Crippen molar-refractivity contribution in [3.8, 4) is 5.75 Å². The highest BCUT2D eigenvalue weighted by atomic mass is 16.5. The molecule has 1 aliphatic heterocycles. The zero-order chi connectivity index (χ0) is 18.6. The number of piperidine rings is 1. The minimum Gasteiger partial charge on any atom is -0.494 e. The first-order valence-corrected chi connectivity index (χ1v) is 9.21. The second-order valence-electron chi connectivity index (χ2n) is 7.01. The smallest absolute Gasteiger partial charge is 0.312 e. The van der Waals surface area contributed by atoms with E-state index in [1.165, 1.54) is 0 Å². The van der Waals surface area contributed by atoms with Gasteiger partial charge in [0.2, 0.25) is 0 Å². The third kappa shape index (κ3) is 4.53. The zero-order valence-corrected chi connectivity index (χ0v) is 16.0. The third-order valence-corrected chi connectivity index (χ3v) is 4.90. The van der Waals surface area contributed by atoms with Crippen molar-refractivity contribution in [1.82, 2.24) is 10.2 Å². The van der Waals surface area contributed by atoms with E-state index >= 15 is 0 Å². The Hall–Kier alpha value is -2.04. The predicted molar refractivity (Wildman–Crippen MR) is 98.5 cm³/mol. The molecule has 0 radical (unpaired) electrons. The van der Waals surface area contributed by atoms with E-state index in [4.69, 9.17) is 4.74 Å². The summed E-state index contributed by atoms with van der Waals surface area (Å²) in [5.41, 5.74) is 1.98. The van der Waals surface area contributed by atoms with E-state index in [-0.39, 0.29) is 18.1 Å². The summed E-state index contributed by atoms with van der Waals surface area (Å²) < 4.78 is 5.66. The van der Waals surface area contributed by atoms with E-state index < -0.39 is 11.8 Å². The van der Waals surface area contributed by atoms with Crippen LogP contribution in [0.5, 0.6) is 5.75 Å². The van der Waals surface area contributed by atoms with Crippen molar-refractivity contribution >= 4 is 11.8 Å². The number of aryl methyl sites for hydroxylation is 1. The summed E-state index contributed by atoms with van der Waals surface area (Å²) in [4.78, 5) is 26.9. The van der Waals surface area contributed by atoms with Crippen LogP contribution in [-0.2, 0) is 9.59 Å². The number of carbonyl (C=O) groups is 2. The Morgan fingerprint density at radius 1 is 1.28 bits per heavy atom. The maximum atomic E-state index is 12.6. The molecule has 1 heterocycles. The van der Waals surface area contributed by atoms with E-state index in [0.29, 0.717) is 6.61 Å². The van der Waals surface area contributed by atoms with E-state index in [0.717, 1.165) is 36.1 Å². The van der Waals surface area contributed by atoms with E-state index in [1.807, 2.05) is 52.8 Å². The molecule has 3 atom stereocenters. The first-order valence-electron chi connectivity index (χ1n) is 9.21. The van der Waals surface area contributed by atoms with Gasteiger partial charge in [0.25, 0.3) is 0 Å². The van der Waals surface area contributed by atoms with Crippen LogP contribution in [0.1, 0.15) is 64.1 Å². The predicted octanol–water partition coefficient (Wildman–Crippen LogP) is 3.36. The van der Waals surface area contributed by atoms with Crippen LogP contribution >= 0.6 is 0 Å². The molecule has 1 aliphatic rings. The van der Waals surface area contributed by atoms with Crippen LogP contribution in [0.3, 0.4) is 0 Å². The summed E-state index contributed by atoms with van der Waals surface area (Å²) >= 11 is 0. The van der Waals surface area contributed by atoms with Crippen LogP contribution in [0.4, 0.5) is 0 Å². The Labute approximate surface area is 150 Å². The van der Waals surface area contributed by atoms with Gasteiger partial charge in [-0.1, -0.05) is 17.7 Å².